The number of fused-ring (bicyclic) bond motifs is 1. The number of hydrogen-bond acceptors (Lipinski definition) is 0. The third-order valence-electron chi connectivity index (χ3n) is 2.81. The molecule has 2 rings (SSSR count). The molecule has 0 N–H and O–H groups in total. The highest BCUT2D eigenvalue weighted by Crippen LogP contribution is 2.35. The first-order chi connectivity index (χ1) is 6.98. The summed E-state index contributed by atoms with van der Waals surface area (Å²) in [4.78, 5) is 0. The summed E-state index contributed by atoms with van der Waals surface area (Å²) in [5.41, 5.74) is 5.72. The van der Waals surface area contributed by atoms with Crippen molar-refractivity contribution in [3.05, 3.63) is 47.5 Å². The smallest absolute Gasteiger partial charge is 0.0126 e. The Labute approximate surface area is 92.3 Å². The third-order valence-corrected chi connectivity index (χ3v) is 2.81. The van der Waals surface area contributed by atoms with E-state index < -0.39 is 0 Å². The fourth-order valence-corrected chi connectivity index (χ4v) is 2.10. The van der Waals surface area contributed by atoms with Crippen LogP contribution in [0.1, 0.15) is 31.9 Å². The maximum absolute atomic E-state index is 2.29. The van der Waals surface area contributed by atoms with Gasteiger partial charge in [0.1, 0.15) is 0 Å². The molecule has 0 heteroatoms. The maximum atomic E-state index is 2.29. The van der Waals surface area contributed by atoms with E-state index in [9.17, 15) is 0 Å². The molecule has 0 nitrogen and oxygen atoms in total. The molecule has 0 saturated carbocycles. The molecular formula is C15H18. The van der Waals surface area contributed by atoms with Gasteiger partial charge in [-0.05, 0) is 34.6 Å². The van der Waals surface area contributed by atoms with Gasteiger partial charge < -0.3 is 0 Å². The second-order valence-corrected chi connectivity index (χ2v) is 5.28. The minimum absolute atomic E-state index is 0.206. The minimum Gasteiger partial charge on any atom is -0.0619 e. The van der Waals surface area contributed by atoms with Gasteiger partial charge in [0, 0.05) is 0 Å². The summed E-state index contributed by atoms with van der Waals surface area (Å²) < 4.78 is 0. The van der Waals surface area contributed by atoms with Crippen LogP contribution in [0.25, 0.3) is 11.1 Å². The van der Waals surface area contributed by atoms with Gasteiger partial charge in [0.25, 0.3) is 0 Å². The van der Waals surface area contributed by atoms with Crippen molar-refractivity contribution < 1.29 is 0 Å². The Balaban J connectivity index is 2.73. The largest absolute Gasteiger partial charge is 0.0619 e. The average Bonchev–Trinajstić information content (AvgIpc) is 2.32. The van der Waals surface area contributed by atoms with Crippen LogP contribution < -0.4 is 0 Å². The third kappa shape index (κ3) is 1.90. The van der Waals surface area contributed by atoms with Crippen LogP contribution in [0.15, 0.2) is 36.4 Å². The Morgan fingerprint density at radius 2 is 1.60 bits per heavy atom. The lowest BCUT2D eigenvalue weighted by atomic mass is 9.84. The minimum atomic E-state index is 0.206. The summed E-state index contributed by atoms with van der Waals surface area (Å²) in [6.07, 6.45) is 0. The lowest BCUT2D eigenvalue weighted by Crippen LogP contribution is -2.11. The van der Waals surface area contributed by atoms with Gasteiger partial charge in [-0.25, -0.2) is 0 Å². The first-order valence-corrected chi connectivity index (χ1v) is 5.48. The first kappa shape index (κ1) is 10.2. The van der Waals surface area contributed by atoms with Gasteiger partial charge in [-0.1, -0.05) is 57.2 Å². The Kier molecular flexibility index (Phi) is 2.30. The van der Waals surface area contributed by atoms with E-state index in [1.807, 2.05) is 0 Å². The van der Waals surface area contributed by atoms with E-state index in [0.29, 0.717) is 0 Å². The molecule has 0 bridgehead atoms. The average molecular weight is 198 g/mol. The van der Waals surface area contributed by atoms with Gasteiger partial charge in [-0.2, -0.15) is 0 Å². The topological polar surface area (TPSA) is 0 Å². The van der Waals surface area contributed by atoms with Crippen molar-refractivity contribution in [2.24, 2.45) is 0 Å². The highest BCUT2D eigenvalue weighted by atomic mass is 14.2. The van der Waals surface area contributed by atoms with Crippen LogP contribution in [0.5, 0.6) is 0 Å². The van der Waals surface area contributed by atoms with Crippen molar-refractivity contribution in [2.75, 3.05) is 0 Å². The standard InChI is InChI=1S/C15H18/c1-11-9-12-7-5-6-8-14(13(12)10-11)15(2,3)4/h5-10H,1-4H3. The van der Waals surface area contributed by atoms with E-state index in [0.717, 1.165) is 0 Å². The molecule has 0 radical (unpaired) electrons. The molecule has 0 aromatic heterocycles. The first-order valence-electron chi connectivity index (χ1n) is 5.48. The predicted molar refractivity (Wildman–Crippen MR) is 66.5 cm³/mol. The Hall–Kier alpha value is -1.30. The summed E-state index contributed by atoms with van der Waals surface area (Å²) >= 11 is 0. The van der Waals surface area contributed by atoms with Crippen LogP contribution in [0.3, 0.4) is 0 Å². The van der Waals surface area contributed by atoms with Crippen molar-refractivity contribution in [2.45, 2.75) is 33.1 Å². The fourth-order valence-electron chi connectivity index (χ4n) is 2.10. The lowest BCUT2D eigenvalue weighted by Gasteiger charge is -2.20. The molecule has 78 valence electrons. The van der Waals surface area contributed by atoms with Crippen LogP contribution >= 0.6 is 0 Å². The summed E-state index contributed by atoms with van der Waals surface area (Å²) in [5.74, 6) is 0. The molecule has 2 aliphatic carbocycles. The van der Waals surface area contributed by atoms with Gasteiger partial charge in [0.15, 0.2) is 0 Å². The maximum Gasteiger partial charge on any atom is -0.0126 e. The molecule has 0 heterocycles. The van der Waals surface area contributed by atoms with Crippen molar-refractivity contribution in [3.8, 4) is 11.1 Å². The van der Waals surface area contributed by atoms with E-state index >= 15 is 0 Å². The van der Waals surface area contributed by atoms with E-state index in [1.54, 1.807) is 0 Å². The Bertz CT molecular complexity index is 446. The number of rotatable bonds is 0. The van der Waals surface area contributed by atoms with E-state index in [-0.39, 0.29) is 5.41 Å². The number of hydrogen-bond donors (Lipinski definition) is 0. The molecule has 0 unspecified atom stereocenters. The monoisotopic (exact) mass is 198 g/mol. The second kappa shape index (κ2) is 3.37. The number of aryl methyl sites for hydroxylation is 1. The lowest BCUT2D eigenvalue weighted by molar-refractivity contribution is 0.593. The molecule has 2 aliphatic rings. The molecule has 0 aromatic rings. The van der Waals surface area contributed by atoms with Gasteiger partial charge in [0.2, 0.25) is 0 Å². The molecule has 0 aromatic carbocycles. The molecule has 0 amide bonds. The molecule has 0 saturated heterocycles. The molecule has 0 aliphatic heterocycles. The fraction of sp³-hybridized carbons (Fsp3) is 0.333. The zero-order valence-electron chi connectivity index (χ0n) is 9.96. The molecule has 15 heavy (non-hydrogen) atoms. The Morgan fingerprint density at radius 1 is 0.933 bits per heavy atom. The van der Waals surface area contributed by atoms with Crippen molar-refractivity contribution in [3.63, 3.8) is 0 Å². The van der Waals surface area contributed by atoms with E-state index in [2.05, 4.69) is 64.1 Å². The molecule has 0 fully saturated rings. The molecular weight excluding hydrogens is 180 g/mol. The van der Waals surface area contributed by atoms with Gasteiger partial charge in [-0.15, -0.1) is 0 Å². The normalized spacial score (nSPS) is 12.0. The summed E-state index contributed by atoms with van der Waals surface area (Å²) in [6.45, 7) is 8.96. The van der Waals surface area contributed by atoms with E-state index in [4.69, 9.17) is 0 Å². The summed E-state index contributed by atoms with van der Waals surface area (Å²) in [5, 5.41) is 0. The SMILES string of the molecule is Cc1cc2ccccc(C(C)(C)C)c-2c1. The van der Waals surface area contributed by atoms with E-state index in [1.165, 1.54) is 22.3 Å². The predicted octanol–water partition coefficient (Wildman–Crippen LogP) is 4.40. The molecule has 0 atom stereocenters. The van der Waals surface area contributed by atoms with Crippen molar-refractivity contribution in [1.82, 2.24) is 0 Å². The van der Waals surface area contributed by atoms with Crippen LogP contribution in [0, 0.1) is 6.92 Å². The second-order valence-electron chi connectivity index (χ2n) is 5.28. The van der Waals surface area contributed by atoms with Crippen molar-refractivity contribution in [1.29, 1.82) is 0 Å². The summed E-state index contributed by atoms with van der Waals surface area (Å²) in [6, 6.07) is 13.2. The van der Waals surface area contributed by atoms with Crippen LogP contribution in [0.2, 0.25) is 0 Å². The van der Waals surface area contributed by atoms with Gasteiger partial charge >= 0.3 is 0 Å². The van der Waals surface area contributed by atoms with Gasteiger partial charge in [0.05, 0.1) is 0 Å². The van der Waals surface area contributed by atoms with Crippen LogP contribution in [0.4, 0.5) is 0 Å². The zero-order chi connectivity index (χ0) is 11.1. The quantitative estimate of drug-likeness (QED) is 0.588. The van der Waals surface area contributed by atoms with Crippen molar-refractivity contribution >= 4 is 0 Å². The Morgan fingerprint density at radius 3 is 2.27 bits per heavy atom. The zero-order valence-corrected chi connectivity index (χ0v) is 9.96. The van der Waals surface area contributed by atoms with Crippen LogP contribution in [-0.2, 0) is 5.41 Å². The molecule has 0 spiro atoms. The highest BCUT2D eigenvalue weighted by molar-refractivity contribution is 5.72. The van der Waals surface area contributed by atoms with Gasteiger partial charge in [-0.3, -0.25) is 0 Å². The highest BCUT2D eigenvalue weighted by Gasteiger charge is 2.19. The van der Waals surface area contributed by atoms with Crippen LogP contribution in [-0.4, -0.2) is 0 Å². The summed E-state index contributed by atoms with van der Waals surface area (Å²) in [7, 11) is 0.